The Morgan fingerprint density at radius 3 is 2.29 bits per heavy atom. The molecule has 0 aliphatic carbocycles. The van der Waals surface area contributed by atoms with Crippen LogP contribution in [0, 0.1) is 6.92 Å². The zero-order valence-electron chi connectivity index (χ0n) is 9.34. The molecule has 0 fully saturated rings. The molecule has 0 aliphatic rings. The number of rotatable bonds is 2. The fourth-order valence-corrected chi connectivity index (χ4v) is 1.86. The number of carboxylic acid groups (broad SMARTS) is 1. The minimum absolute atomic E-state index is 0.166. The molecule has 3 heteroatoms. The second-order valence-electron chi connectivity index (χ2n) is 3.85. The van der Waals surface area contributed by atoms with Gasteiger partial charge in [0.05, 0.1) is 5.56 Å². The van der Waals surface area contributed by atoms with Crippen LogP contribution in [0.4, 0.5) is 0 Å². The molecule has 0 saturated carbocycles. The Morgan fingerprint density at radius 1 is 1.06 bits per heavy atom. The molecule has 2 N–H and O–H groups in total. The molecule has 0 radical (unpaired) electrons. The van der Waals surface area contributed by atoms with Gasteiger partial charge in [-0.1, -0.05) is 24.3 Å². The van der Waals surface area contributed by atoms with Gasteiger partial charge in [-0.15, -0.1) is 0 Å². The summed E-state index contributed by atoms with van der Waals surface area (Å²) in [5.41, 5.74) is 2.66. The number of phenols is 1. The molecular weight excluding hydrogens is 216 g/mol. The molecule has 0 atom stereocenters. The number of aromatic carboxylic acids is 1. The SMILES string of the molecule is Cc1cccc(C(=O)O)c1-c1ccc(O)cc1. The summed E-state index contributed by atoms with van der Waals surface area (Å²) < 4.78 is 0. The minimum atomic E-state index is -0.947. The molecule has 17 heavy (non-hydrogen) atoms. The van der Waals surface area contributed by atoms with E-state index < -0.39 is 5.97 Å². The topological polar surface area (TPSA) is 57.5 Å². The van der Waals surface area contributed by atoms with Crippen molar-refractivity contribution in [2.45, 2.75) is 6.92 Å². The first-order valence-corrected chi connectivity index (χ1v) is 5.22. The molecule has 0 amide bonds. The fourth-order valence-electron chi connectivity index (χ4n) is 1.86. The van der Waals surface area contributed by atoms with Crippen molar-refractivity contribution in [2.75, 3.05) is 0 Å². The van der Waals surface area contributed by atoms with Gasteiger partial charge in [0.25, 0.3) is 0 Å². The lowest BCUT2D eigenvalue weighted by molar-refractivity contribution is 0.0697. The highest BCUT2D eigenvalue weighted by Crippen LogP contribution is 2.28. The molecule has 3 nitrogen and oxygen atoms in total. The molecular formula is C14H12O3. The van der Waals surface area contributed by atoms with Crippen LogP contribution >= 0.6 is 0 Å². The lowest BCUT2D eigenvalue weighted by Gasteiger charge is -2.09. The van der Waals surface area contributed by atoms with Crippen LogP contribution in [0.15, 0.2) is 42.5 Å². The van der Waals surface area contributed by atoms with Crippen LogP contribution in [0.2, 0.25) is 0 Å². The van der Waals surface area contributed by atoms with Gasteiger partial charge < -0.3 is 10.2 Å². The highest BCUT2D eigenvalue weighted by molar-refractivity contribution is 5.97. The largest absolute Gasteiger partial charge is 0.508 e. The Bertz CT molecular complexity index is 556. The van der Waals surface area contributed by atoms with Gasteiger partial charge in [0.2, 0.25) is 0 Å². The predicted molar refractivity (Wildman–Crippen MR) is 65.2 cm³/mol. The second-order valence-corrected chi connectivity index (χ2v) is 3.85. The summed E-state index contributed by atoms with van der Waals surface area (Å²) in [6.45, 7) is 1.87. The number of phenolic OH excluding ortho intramolecular Hbond substituents is 1. The van der Waals surface area contributed by atoms with E-state index in [0.29, 0.717) is 5.56 Å². The van der Waals surface area contributed by atoms with Crippen LogP contribution in [0.5, 0.6) is 5.75 Å². The summed E-state index contributed by atoms with van der Waals surface area (Å²) in [6.07, 6.45) is 0. The molecule has 0 aliphatic heterocycles. The summed E-state index contributed by atoms with van der Waals surface area (Å²) in [5.74, 6) is -0.781. The average Bonchev–Trinajstić information content (AvgIpc) is 2.30. The van der Waals surface area contributed by atoms with Crippen LogP contribution in [-0.4, -0.2) is 16.2 Å². The van der Waals surface area contributed by atoms with Gasteiger partial charge in [-0.3, -0.25) is 0 Å². The third-order valence-electron chi connectivity index (χ3n) is 2.66. The zero-order chi connectivity index (χ0) is 12.4. The number of aryl methyl sites for hydroxylation is 1. The first-order valence-electron chi connectivity index (χ1n) is 5.22. The van der Waals surface area contributed by atoms with Gasteiger partial charge in [0.1, 0.15) is 5.75 Å². The van der Waals surface area contributed by atoms with Crippen molar-refractivity contribution >= 4 is 5.97 Å². The number of aromatic hydroxyl groups is 1. The summed E-state index contributed by atoms with van der Waals surface area (Å²) in [4.78, 5) is 11.2. The number of carbonyl (C=O) groups is 1. The minimum Gasteiger partial charge on any atom is -0.508 e. The molecule has 0 saturated heterocycles. The van der Waals surface area contributed by atoms with Crippen LogP contribution in [0.1, 0.15) is 15.9 Å². The molecule has 2 rings (SSSR count). The van der Waals surface area contributed by atoms with Crippen molar-refractivity contribution in [1.82, 2.24) is 0 Å². The van der Waals surface area contributed by atoms with Crippen molar-refractivity contribution < 1.29 is 15.0 Å². The van der Waals surface area contributed by atoms with E-state index in [1.54, 1.807) is 36.4 Å². The molecule has 0 bridgehead atoms. The molecule has 2 aromatic carbocycles. The van der Waals surface area contributed by atoms with Crippen LogP contribution in [0.3, 0.4) is 0 Å². The van der Waals surface area contributed by atoms with Crippen molar-refractivity contribution in [1.29, 1.82) is 0 Å². The van der Waals surface area contributed by atoms with Gasteiger partial charge in [0, 0.05) is 0 Å². The molecule has 86 valence electrons. The van der Waals surface area contributed by atoms with Crippen molar-refractivity contribution in [3.8, 4) is 16.9 Å². The Labute approximate surface area is 99.0 Å². The first kappa shape index (κ1) is 11.2. The molecule has 2 aromatic rings. The van der Waals surface area contributed by atoms with Crippen molar-refractivity contribution in [3.05, 3.63) is 53.6 Å². The van der Waals surface area contributed by atoms with E-state index in [1.165, 1.54) is 0 Å². The maximum absolute atomic E-state index is 11.2. The van der Waals surface area contributed by atoms with E-state index >= 15 is 0 Å². The normalized spacial score (nSPS) is 10.2. The van der Waals surface area contributed by atoms with Crippen LogP contribution in [-0.2, 0) is 0 Å². The van der Waals surface area contributed by atoms with E-state index in [2.05, 4.69) is 0 Å². The zero-order valence-corrected chi connectivity index (χ0v) is 9.34. The Balaban J connectivity index is 2.65. The molecule has 0 spiro atoms. The maximum atomic E-state index is 11.2. The smallest absolute Gasteiger partial charge is 0.336 e. The fraction of sp³-hybridized carbons (Fsp3) is 0.0714. The summed E-state index contributed by atoms with van der Waals surface area (Å²) in [6, 6.07) is 11.7. The molecule has 0 unspecified atom stereocenters. The standard InChI is InChI=1S/C14H12O3/c1-9-3-2-4-12(14(16)17)13(9)10-5-7-11(15)8-6-10/h2-8,15H,1H3,(H,16,17). The van der Waals surface area contributed by atoms with E-state index in [9.17, 15) is 9.90 Å². The summed E-state index contributed by atoms with van der Waals surface area (Å²) in [5, 5.41) is 18.4. The lowest BCUT2D eigenvalue weighted by atomic mass is 9.95. The molecule has 0 aromatic heterocycles. The Kier molecular flexibility index (Phi) is 2.83. The van der Waals surface area contributed by atoms with E-state index in [1.807, 2.05) is 13.0 Å². The van der Waals surface area contributed by atoms with Gasteiger partial charge in [0.15, 0.2) is 0 Å². The predicted octanol–water partition coefficient (Wildman–Crippen LogP) is 3.07. The van der Waals surface area contributed by atoms with Gasteiger partial charge in [-0.25, -0.2) is 4.79 Å². The number of hydrogen-bond acceptors (Lipinski definition) is 2. The van der Waals surface area contributed by atoms with Gasteiger partial charge in [-0.2, -0.15) is 0 Å². The van der Waals surface area contributed by atoms with Crippen LogP contribution in [0.25, 0.3) is 11.1 Å². The highest BCUT2D eigenvalue weighted by Gasteiger charge is 2.13. The summed E-state index contributed by atoms with van der Waals surface area (Å²) in [7, 11) is 0. The van der Waals surface area contributed by atoms with Gasteiger partial charge >= 0.3 is 5.97 Å². The van der Waals surface area contributed by atoms with Crippen LogP contribution < -0.4 is 0 Å². The second kappa shape index (κ2) is 4.29. The first-order chi connectivity index (χ1) is 8.09. The molecule has 0 heterocycles. The quantitative estimate of drug-likeness (QED) is 0.830. The number of carboxylic acids is 1. The monoisotopic (exact) mass is 228 g/mol. The average molecular weight is 228 g/mol. The van der Waals surface area contributed by atoms with Gasteiger partial charge in [-0.05, 0) is 41.8 Å². The Morgan fingerprint density at radius 2 is 1.71 bits per heavy atom. The van der Waals surface area contributed by atoms with Crippen molar-refractivity contribution in [3.63, 3.8) is 0 Å². The van der Waals surface area contributed by atoms with E-state index in [0.717, 1.165) is 11.1 Å². The maximum Gasteiger partial charge on any atom is 0.336 e. The third kappa shape index (κ3) is 2.13. The number of hydrogen-bond donors (Lipinski definition) is 2. The lowest BCUT2D eigenvalue weighted by Crippen LogP contribution is -2.00. The highest BCUT2D eigenvalue weighted by atomic mass is 16.4. The summed E-state index contributed by atoms with van der Waals surface area (Å²) >= 11 is 0. The number of benzene rings is 2. The Hall–Kier alpha value is -2.29. The van der Waals surface area contributed by atoms with Crippen molar-refractivity contribution in [2.24, 2.45) is 0 Å². The van der Waals surface area contributed by atoms with E-state index in [-0.39, 0.29) is 11.3 Å². The third-order valence-corrected chi connectivity index (χ3v) is 2.66. The van der Waals surface area contributed by atoms with E-state index in [4.69, 9.17) is 5.11 Å².